The molecule has 1 aromatic rings. The Morgan fingerprint density at radius 1 is 0.815 bits per heavy atom. The summed E-state index contributed by atoms with van der Waals surface area (Å²) in [4.78, 5) is 11.5. The number of hydrogen-bond donors (Lipinski definition) is 0. The van der Waals surface area contributed by atoms with Crippen molar-refractivity contribution in [1.82, 2.24) is 0 Å². The number of allylic oxidation sites excluding steroid dienone is 2. The maximum atomic E-state index is 13.6. The summed E-state index contributed by atoms with van der Waals surface area (Å²) in [6, 6.07) is 3.25. The second-order valence-electron chi connectivity index (χ2n) is 4.91. The summed E-state index contributed by atoms with van der Waals surface area (Å²) >= 11 is 0. The first-order chi connectivity index (χ1) is 12.0. The molecule has 0 bridgehead atoms. The molecule has 0 atom stereocenters. The SMILES string of the molecule is COc1ccc(C(=O)/C(F)=C(\F)C(F)(F)C(F)(F)C(F)(F)C(F)(F)F)cc1. The molecule has 0 radical (unpaired) electrons. The Labute approximate surface area is 143 Å². The van der Waals surface area contributed by atoms with Crippen LogP contribution >= 0.6 is 0 Å². The molecule has 0 aliphatic rings. The Morgan fingerprint density at radius 3 is 1.63 bits per heavy atom. The van der Waals surface area contributed by atoms with Crippen LogP contribution in [0.5, 0.6) is 5.75 Å². The fraction of sp³-hybridized carbons (Fsp3) is 0.357. The quantitative estimate of drug-likeness (QED) is 0.348. The largest absolute Gasteiger partial charge is 0.497 e. The number of benzene rings is 1. The summed E-state index contributed by atoms with van der Waals surface area (Å²) in [6.07, 6.45) is -7.21. The second-order valence-corrected chi connectivity index (χ2v) is 4.91. The molecule has 0 heterocycles. The normalized spacial score (nSPS) is 14.7. The van der Waals surface area contributed by atoms with E-state index in [2.05, 4.69) is 4.74 Å². The predicted molar refractivity (Wildman–Crippen MR) is 67.5 cm³/mol. The topological polar surface area (TPSA) is 26.3 Å². The van der Waals surface area contributed by atoms with Gasteiger partial charge in [-0.25, -0.2) is 4.39 Å². The zero-order chi connectivity index (χ0) is 21.4. The number of Topliss-reactive ketones (excluding diaryl/α,β-unsaturated/α-hetero) is 1. The highest BCUT2D eigenvalue weighted by molar-refractivity contribution is 6.07. The van der Waals surface area contributed by atoms with Gasteiger partial charge in [-0.3, -0.25) is 4.79 Å². The Bertz CT molecular complexity index is 732. The first-order valence-electron chi connectivity index (χ1n) is 6.47. The van der Waals surface area contributed by atoms with Crippen LogP contribution < -0.4 is 4.74 Å². The van der Waals surface area contributed by atoms with E-state index < -0.39 is 46.9 Å². The molecule has 1 rings (SSSR count). The van der Waals surface area contributed by atoms with E-state index in [1.807, 2.05) is 0 Å². The molecule has 0 saturated heterocycles. The molecular weight excluding hydrogens is 409 g/mol. The molecule has 27 heavy (non-hydrogen) atoms. The van der Waals surface area contributed by atoms with Crippen LogP contribution in [0.15, 0.2) is 35.9 Å². The van der Waals surface area contributed by atoms with E-state index in [4.69, 9.17) is 0 Å². The third-order valence-electron chi connectivity index (χ3n) is 3.16. The van der Waals surface area contributed by atoms with Gasteiger partial charge in [0.2, 0.25) is 17.4 Å². The molecule has 0 amide bonds. The molecule has 0 fully saturated rings. The van der Waals surface area contributed by atoms with E-state index >= 15 is 0 Å². The first kappa shape index (κ1) is 22.7. The van der Waals surface area contributed by atoms with Crippen molar-refractivity contribution in [2.24, 2.45) is 0 Å². The minimum Gasteiger partial charge on any atom is -0.497 e. The number of halogens is 11. The minimum absolute atomic E-state index is 0.0538. The van der Waals surface area contributed by atoms with E-state index in [-0.39, 0.29) is 5.75 Å². The maximum absolute atomic E-state index is 13.6. The molecule has 0 N–H and O–H groups in total. The summed E-state index contributed by atoms with van der Waals surface area (Å²) in [7, 11) is 1.15. The van der Waals surface area contributed by atoms with E-state index in [1.54, 1.807) is 0 Å². The number of alkyl halides is 9. The first-order valence-corrected chi connectivity index (χ1v) is 6.47. The van der Waals surface area contributed by atoms with Crippen LogP contribution in [0.1, 0.15) is 10.4 Å². The lowest BCUT2D eigenvalue weighted by atomic mass is 10.0. The molecular formula is C14H7F11O2. The third-order valence-corrected chi connectivity index (χ3v) is 3.16. The molecule has 0 unspecified atom stereocenters. The van der Waals surface area contributed by atoms with Crippen LogP contribution in [0.4, 0.5) is 48.3 Å². The van der Waals surface area contributed by atoms with Gasteiger partial charge in [0, 0.05) is 5.56 Å². The number of carbonyl (C=O) groups is 1. The average molecular weight is 416 g/mol. The highest BCUT2D eigenvalue weighted by Crippen LogP contribution is 2.55. The van der Waals surface area contributed by atoms with E-state index in [0.717, 1.165) is 19.2 Å². The summed E-state index contributed by atoms with van der Waals surface area (Å²) in [5.41, 5.74) is -0.898. The molecule has 0 aromatic heterocycles. The number of ether oxygens (including phenoxy) is 1. The van der Waals surface area contributed by atoms with Gasteiger partial charge in [0.25, 0.3) is 0 Å². The number of carbonyl (C=O) groups excluding carboxylic acids is 1. The van der Waals surface area contributed by atoms with Gasteiger partial charge in [-0.15, -0.1) is 0 Å². The van der Waals surface area contributed by atoms with Crippen molar-refractivity contribution in [2.45, 2.75) is 23.9 Å². The number of rotatable bonds is 6. The third kappa shape index (κ3) is 3.72. The van der Waals surface area contributed by atoms with Crippen LogP contribution in [0, 0.1) is 0 Å². The summed E-state index contributed by atoms with van der Waals surface area (Å²) in [5.74, 6) is -31.4. The number of ketones is 1. The lowest BCUT2D eigenvalue weighted by Crippen LogP contribution is -2.61. The fourth-order valence-electron chi connectivity index (χ4n) is 1.62. The van der Waals surface area contributed by atoms with Gasteiger partial charge >= 0.3 is 23.9 Å². The lowest BCUT2D eigenvalue weighted by molar-refractivity contribution is -0.391. The second kappa shape index (κ2) is 7.00. The highest BCUT2D eigenvalue weighted by Gasteiger charge is 2.83. The Morgan fingerprint density at radius 2 is 1.26 bits per heavy atom. The smallest absolute Gasteiger partial charge is 0.460 e. The van der Waals surface area contributed by atoms with Gasteiger partial charge in [-0.2, -0.15) is 43.9 Å². The maximum Gasteiger partial charge on any atom is 0.460 e. The zero-order valence-electron chi connectivity index (χ0n) is 12.8. The number of methoxy groups -OCH3 is 1. The molecule has 0 aliphatic heterocycles. The molecule has 2 nitrogen and oxygen atoms in total. The molecule has 1 aromatic carbocycles. The Hall–Kier alpha value is -2.34. The fourth-order valence-corrected chi connectivity index (χ4v) is 1.62. The molecule has 13 heteroatoms. The molecule has 152 valence electrons. The van der Waals surface area contributed by atoms with Crippen molar-refractivity contribution < 1.29 is 57.8 Å². The minimum atomic E-state index is -7.43. The summed E-state index contributed by atoms with van der Waals surface area (Å²) in [6.45, 7) is 0. The van der Waals surface area contributed by atoms with Crippen molar-refractivity contribution in [3.05, 3.63) is 41.5 Å². The Balaban J connectivity index is 3.40. The van der Waals surface area contributed by atoms with Crippen molar-refractivity contribution >= 4 is 5.78 Å². The van der Waals surface area contributed by atoms with E-state index in [0.29, 0.717) is 12.1 Å². The van der Waals surface area contributed by atoms with Crippen molar-refractivity contribution in [3.8, 4) is 5.75 Å². The lowest BCUT2D eigenvalue weighted by Gasteiger charge is -2.32. The van der Waals surface area contributed by atoms with Gasteiger partial charge in [0.15, 0.2) is 0 Å². The van der Waals surface area contributed by atoms with Gasteiger partial charge < -0.3 is 4.74 Å². The van der Waals surface area contributed by atoms with Crippen LogP contribution in [0.25, 0.3) is 0 Å². The van der Waals surface area contributed by atoms with Crippen molar-refractivity contribution in [2.75, 3.05) is 7.11 Å². The molecule has 0 saturated carbocycles. The van der Waals surface area contributed by atoms with Crippen molar-refractivity contribution in [1.29, 1.82) is 0 Å². The van der Waals surface area contributed by atoms with Gasteiger partial charge in [0.05, 0.1) is 7.11 Å². The molecule has 0 aliphatic carbocycles. The summed E-state index contributed by atoms with van der Waals surface area (Å²) < 4.78 is 145. The summed E-state index contributed by atoms with van der Waals surface area (Å²) in [5, 5.41) is 0. The predicted octanol–water partition coefficient (Wildman–Crippen LogP) is 5.50. The van der Waals surface area contributed by atoms with Crippen LogP contribution in [-0.4, -0.2) is 36.8 Å². The zero-order valence-corrected chi connectivity index (χ0v) is 12.8. The van der Waals surface area contributed by atoms with Crippen LogP contribution in [-0.2, 0) is 0 Å². The highest BCUT2D eigenvalue weighted by atomic mass is 19.4. The average Bonchev–Trinajstić information content (AvgIpc) is 2.58. The van der Waals surface area contributed by atoms with Gasteiger partial charge in [-0.05, 0) is 24.3 Å². The van der Waals surface area contributed by atoms with E-state index in [1.165, 1.54) is 0 Å². The van der Waals surface area contributed by atoms with Gasteiger partial charge in [0.1, 0.15) is 5.75 Å². The Kier molecular flexibility index (Phi) is 5.89. The van der Waals surface area contributed by atoms with Gasteiger partial charge in [-0.1, -0.05) is 0 Å². The number of hydrogen-bond acceptors (Lipinski definition) is 2. The van der Waals surface area contributed by atoms with Crippen LogP contribution in [0.3, 0.4) is 0 Å². The molecule has 0 spiro atoms. The van der Waals surface area contributed by atoms with Crippen LogP contribution in [0.2, 0.25) is 0 Å². The standard InChI is InChI=1S/C14H7F11O2/c1-27-7-4-2-6(3-5-7)9(26)8(15)10(16)11(17,18)12(19,20)13(21,22)14(23,24)25/h2-5H,1H3/b10-8+. The monoisotopic (exact) mass is 416 g/mol. The van der Waals surface area contributed by atoms with Crippen molar-refractivity contribution in [3.63, 3.8) is 0 Å². The van der Waals surface area contributed by atoms with E-state index in [9.17, 15) is 53.1 Å².